The molecule has 2 atom stereocenters. The number of aromatic nitrogens is 3. The molecule has 4 bridgehead atoms. The van der Waals surface area contributed by atoms with E-state index in [9.17, 15) is 5.26 Å². The van der Waals surface area contributed by atoms with E-state index in [1.807, 2.05) is 48.5 Å². The van der Waals surface area contributed by atoms with Crippen molar-refractivity contribution in [2.24, 2.45) is 11.8 Å². The smallest absolute Gasteiger partial charge is 0.164 e. The molecule has 58 heavy (non-hydrogen) atoms. The number of fused-ring (bicyclic) bond motifs is 1. The highest BCUT2D eigenvalue weighted by molar-refractivity contribution is 5.88. The van der Waals surface area contributed by atoms with Crippen LogP contribution < -0.4 is 0 Å². The Morgan fingerprint density at radius 2 is 0.862 bits per heavy atom. The van der Waals surface area contributed by atoms with Crippen LogP contribution in [0.15, 0.2) is 170 Å². The summed E-state index contributed by atoms with van der Waals surface area (Å²) >= 11 is 0. The van der Waals surface area contributed by atoms with Gasteiger partial charge in [0.05, 0.1) is 11.6 Å². The fourth-order valence-corrected chi connectivity index (χ4v) is 11.2. The van der Waals surface area contributed by atoms with Crippen molar-refractivity contribution in [3.05, 3.63) is 187 Å². The highest BCUT2D eigenvalue weighted by atomic mass is 15.0. The summed E-state index contributed by atoms with van der Waals surface area (Å²) in [5.41, 5.74) is 11.9. The van der Waals surface area contributed by atoms with Crippen LogP contribution in [-0.4, -0.2) is 15.0 Å². The van der Waals surface area contributed by atoms with Gasteiger partial charge in [0.2, 0.25) is 0 Å². The summed E-state index contributed by atoms with van der Waals surface area (Å²) in [6, 6.07) is 62.9. The van der Waals surface area contributed by atoms with Crippen LogP contribution >= 0.6 is 0 Å². The molecule has 1 aromatic heterocycles. The summed E-state index contributed by atoms with van der Waals surface area (Å²) in [5.74, 6) is 3.57. The standard InChI is InChI=1S/C54H42N4/c55-34-36-14-15-46-28-45(17-16-44(46)27-36)40-20-24-49(25-21-40)54-32-37-26-38(33-54)31-53(30-37,35-54)48-22-18-39(19-23-48)43-12-7-13-47(29-43)52-57-50(41-8-3-1-4-9-41)56-51(58-52)42-10-5-2-6-11-42/h1-25,27-29,37-38H,26,30-33,35H2. The Kier molecular flexibility index (Phi) is 8.19. The van der Waals surface area contributed by atoms with Gasteiger partial charge in [0, 0.05) is 16.7 Å². The highest BCUT2D eigenvalue weighted by Gasteiger charge is 2.58. The highest BCUT2D eigenvalue weighted by Crippen LogP contribution is 2.66. The third-order valence-electron chi connectivity index (χ3n) is 13.5. The van der Waals surface area contributed by atoms with Crippen LogP contribution in [-0.2, 0) is 10.8 Å². The Morgan fingerprint density at radius 3 is 1.41 bits per heavy atom. The number of benzene rings is 7. The molecule has 0 radical (unpaired) electrons. The van der Waals surface area contributed by atoms with Crippen molar-refractivity contribution < 1.29 is 0 Å². The Morgan fingerprint density at radius 1 is 0.414 bits per heavy atom. The average Bonchev–Trinajstić information content (AvgIpc) is 3.29. The Bertz CT molecular complexity index is 2780. The first-order valence-corrected chi connectivity index (χ1v) is 20.6. The van der Waals surface area contributed by atoms with Gasteiger partial charge in [0.1, 0.15) is 0 Å². The number of hydrogen-bond donors (Lipinski definition) is 0. The number of nitrogens with zero attached hydrogens (tertiary/aromatic N) is 4. The second-order valence-electron chi connectivity index (χ2n) is 17.2. The maximum absolute atomic E-state index is 9.33. The first-order chi connectivity index (χ1) is 28.5. The molecule has 7 aromatic carbocycles. The summed E-state index contributed by atoms with van der Waals surface area (Å²) in [7, 11) is 0. The molecule has 4 saturated carbocycles. The molecule has 8 aromatic rings. The minimum absolute atomic E-state index is 0.219. The molecule has 0 N–H and O–H groups in total. The van der Waals surface area contributed by atoms with E-state index in [0.717, 1.165) is 39.5 Å². The first kappa shape index (κ1) is 34.5. The van der Waals surface area contributed by atoms with Crippen molar-refractivity contribution in [1.82, 2.24) is 15.0 Å². The fourth-order valence-electron chi connectivity index (χ4n) is 11.2. The molecule has 0 aliphatic heterocycles. The monoisotopic (exact) mass is 746 g/mol. The zero-order valence-electron chi connectivity index (χ0n) is 32.4. The van der Waals surface area contributed by atoms with Gasteiger partial charge in [-0.25, -0.2) is 15.0 Å². The van der Waals surface area contributed by atoms with E-state index in [1.54, 1.807) is 0 Å². The summed E-state index contributed by atoms with van der Waals surface area (Å²) in [6.45, 7) is 0. The number of hydrogen-bond acceptors (Lipinski definition) is 4. The van der Waals surface area contributed by atoms with Crippen molar-refractivity contribution in [1.29, 1.82) is 5.26 Å². The second kappa shape index (κ2) is 13.7. The SMILES string of the molecule is N#Cc1ccc2cc(-c3ccc(C45CC6CC(CC(c7ccc(-c8cccc(-c9nc(-c%10ccccc%10)nc(-c%10ccccc%10)n9)c8)cc7)(C6)C4)C5)cc3)ccc2c1. The molecule has 0 saturated heterocycles. The molecular formula is C54H42N4. The van der Waals surface area contributed by atoms with Crippen molar-refractivity contribution >= 4 is 10.8 Å². The van der Waals surface area contributed by atoms with Gasteiger partial charge in [-0.15, -0.1) is 0 Å². The molecular weight excluding hydrogens is 705 g/mol. The zero-order chi connectivity index (χ0) is 38.7. The summed E-state index contributed by atoms with van der Waals surface area (Å²) in [4.78, 5) is 14.9. The predicted molar refractivity (Wildman–Crippen MR) is 234 cm³/mol. The zero-order valence-corrected chi connectivity index (χ0v) is 32.4. The van der Waals surface area contributed by atoms with Crippen LogP contribution in [0.1, 0.15) is 55.2 Å². The summed E-state index contributed by atoms with van der Waals surface area (Å²) in [6.07, 6.45) is 7.83. The largest absolute Gasteiger partial charge is 0.208 e. The van der Waals surface area contributed by atoms with Gasteiger partial charge >= 0.3 is 0 Å². The van der Waals surface area contributed by atoms with Gasteiger partial charge in [-0.1, -0.05) is 146 Å². The molecule has 4 aliphatic carbocycles. The molecule has 4 heteroatoms. The molecule has 2 unspecified atom stereocenters. The number of rotatable bonds is 7. The van der Waals surface area contributed by atoms with E-state index in [2.05, 4.69) is 127 Å². The van der Waals surface area contributed by atoms with Crippen LogP contribution in [0.4, 0.5) is 0 Å². The molecule has 4 fully saturated rings. The maximum atomic E-state index is 9.33. The summed E-state index contributed by atoms with van der Waals surface area (Å²) in [5, 5.41) is 11.6. The minimum Gasteiger partial charge on any atom is -0.208 e. The van der Waals surface area contributed by atoms with Gasteiger partial charge in [0.25, 0.3) is 0 Å². The quantitative estimate of drug-likeness (QED) is 0.163. The van der Waals surface area contributed by atoms with Gasteiger partial charge in [0.15, 0.2) is 17.5 Å². The fraction of sp³-hybridized carbons (Fsp3) is 0.185. The predicted octanol–water partition coefficient (Wildman–Crippen LogP) is 13.0. The molecule has 0 spiro atoms. The lowest BCUT2D eigenvalue weighted by molar-refractivity contribution is -0.0281. The van der Waals surface area contributed by atoms with Gasteiger partial charge < -0.3 is 0 Å². The van der Waals surface area contributed by atoms with Crippen molar-refractivity contribution in [2.45, 2.75) is 49.4 Å². The van der Waals surface area contributed by atoms with Crippen molar-refractivity contribution in [3.8, 4) is 62.5 Å². The van der Waals surface area contributed by atoms with Crippen molar-refractivity contribution in [3.63, 3.8) is 0 Å². The van der Waals surface area contributed by atoms with E-state index in [0.29, 0.717) is 23.0 Å². The Balaban J connectivity index is 0.877. The third-order valence-corrected chi connectivity index (χ3v) is 13.5. The molecule has 0 amide bonds. The van der Waals surface area contributed by atoms with E-state index in [1.165, 1.54) is 71.7 Å². The molecule has 1 heterocycles. The van der Waals surface area contributed by atoms with Crippen LogP contribution in [0.25, 0.3) is 67.2 Å². The van der Waals surface area contributed by atoms with E-state index < -0.39 is 0 Å². The average molecular weight is 747 g/mol. The van der Waals surface area contributed by atoms with E-state index in [-0.39, 0.29) is 10.8 Å². The lowest BCUT2D eigenvalue weighted by Crippen LogP contribution is -2.55. The first-order valence-electron chi connectivity index (χ1n) is 20.6. The maximum Gasteiger partial charge on any atom is 0.164 e. The van der Waals surface area contributed by atoms with Crippen LogP contribution in [0.3, 0.4) is 0 Å². The van der Waals surface area contributed by atoms with Crippen molar-refractivity contribution in [2.75, 3.05) is 0 Å². The molecule has 4 aliphatic rings. The van der Waals surface area contributed by atoms with Gasteiger partial charge in [-0.3, -0.25) is 0 Å². The molecule has 12 rings (SSSR count). The van der Waals surface area contributed by atoms with Crippen LogP contribution in [0, 0.1) is 23.2 Å². The molecule has 278 valence electrons. The normalized spacial score (nSPS) is 21.8. The third kappa shape index (κ3) is 6.10. The van der Waals surface area contributed by atoms with Crippen LogP contribution in [0.5, 0.6) is 0 Å². The lowest BCUT2D eigenvalue weighted by Gasteiger charge is -2.63. The second-order valence-corrected chi connectivity index (χ2v) is 17.2. The van der Waals surface area contributed by atoms with Crippen LogP contribution in [0.2, 0.25) is 0 Å². The Labute approximate surface area is 340 Å². The van der Waals surface area contributed by atoms with E-state index in [4.69, 9.17) is 15.0 Å². The number of nitriles is 1. The minimum atomic E-state index is 0.219. The lowest BCUT2D eigenvalue weighted by atomic mass is 9.41. The topological polar surface area (TPSA) is 62.5 Å². The van der Waals surface area contributed by atoms with E-state index >= 15 is 0 Å². The molecule has 4 nitrogen and oxygen atoms in total. The van der Waals surface area contributed by atoms with Gasteiger partial charge in [-0.05, 0) is 130 Å². The Hall–Kier alpha value is -6.70. The van der Waals surface area contributed by atoms with Gasteiger partial charge in [-0.2, -0.15) is 5.26 Å². The summed E-state index contributed by atoms with van der Waals surface area (Å²) < 4.78 is 0.